The van der Waals surface area contributed by atoms with E-state index >= 15 is 0 Å². The van der Waals surface area contributed by atoms with E-state index in [9.17, 15) is 0 Å². The molecule has 0 aliphatic heterocycles. The Kier molecular flexibility index (Phi) is 3.29. The molecular formula is C16H16N4. The van der Waals surface area contributed by atoms with Crippen molar-refractivity contribution in [2.45, 2.75) is 13.8 Å². The molecule has 2 heterocycles. The van der Waals surface area contributed by atoms with Gasteiger partial charge in [-0.3, -0.25) is 4.98 Å². The van der Waals surface area contributed by atoms with Crippen molar-refractivity contribution in [3.05, 3.63) is 48.4 Å². The van der Waals surface area contributed by atoms with Crippen molar-refractivity contribution in [3.8, 4) is 11.3 Å². The number of nitrogens with zero attached hydrogens (tertiary/aromatic N) is 3. The number of hydrogen-bond acceptors (Lipinski definition) is 4. The van der Waals surface area contributed by atoms with Crippen LogP contribution in [0.1, 0.15) is 12.6 Å². The van der Waals surface area contributed by atoms with Crippen LogP contribution in [0.3, 0.4) is 0 Å². The zero-order valence-electron chi connectivity index (χ0n) is 11.6. The number of pyridine rings is 1. The zero-order chi connectivity index (χ0) is 13.9. The highest BCUT2D eigenvalue weighted by Gasteiger charge is 2.03. The third-order valence-corrected chi connectivity index (χ3v) is 3.15. The Morgan fingerprint density at radius 1 is 1.05 bits per heavy atom. The van der Waals surface area contributed by atoms with Crippen molar-refractivity contribution in [1.29, 1.82) is 0 Å². The first-order valence-electron chi connectivity index (χ1n) is 6.70. The standard InChI is InChI=1S/C16H16N4/c1-3-17-16-9-15(18-10-19-16)13-6-7-14-12(8-13)5-4-11(2)20-14/h4-10H,3H2,1-2H3,(H,17,18,19). The number of rotatable bonds is 3. The summed E-state index contributed by atoms with van der Waals surface area (Å²) < 4.78 is 0. The lowest BCUT2D eigenvalue weighted by Gasteiger charge is -2.06. The van der Waals surface area contributed by atoms with E-state index in [1.165, 1.54) is 0 Å². The zero-order valence-corrected chi connectivity index (χ0v) is 11.6. The summed E-state index contributed by atoms with van der Waals surface area (Å²) in [6.45, 7) is 4.89. The molecule has 0 fully saturated rings. The Hall–Kier alpha value is -2.49. The summed E-state index contributed by atoms with van der Waals surface area (Å²) >= 11 is 0. The second-order valence-corrected chi connectivity index (χ2v) is 4.68. The Morgan fingerprint density at radius 3 is 2.80 bits per heavy atom. The Labute approximate surface area is 117 Å². The molecule has 0 unspecified atom stereocenters. The van der Waals surface area contributed by atoms with Crippen molar-refractivity contribution in [2.75, 3.05) is 11.9 Å². The Balaban J connectivity index is 2.05. The van der Waals surface area contributed by atoms with Crippen LogP contribution in [-0.2, 0) is 0 Å². The average molecular weight is 264 g/mol. The van der Waals surface area contributed by atoms with Gasteiger partial charge in [-0.2, -0.15) is 0 Å². The molecule has 20 heavy (non-hydrogen) atoms. The van der Waals surface area contributed by atoms with Gasteiger partial charge in [-0.1, -0.05) is 12.1 Å². The fourth-order valence-electron chi connectivity index (χ4n) is 2.18. The minimum atomic E-state index is 0.845. The molecule has 0 atom stereocenters. The van der Waals surface area contributed by atoms with Crippen LogP contribution in [0.5, 0.6) is 0 Å². The monoisotopic (exact) mass is 264 g/mol. The highest BCUT2D eigenvalue weighted by molar-refractivity contribution is 5.84. The summed E-state index contributed by atoms with van der Waals surface area (Å²) in [4.78, 5) is 13.1. The minimum Gasteiger partial charge on any atom is -0.370 e. The third-order valence-electron chi connectivity index (χ3n) is 3.15. The van der Waals surface area contributed by atoms with Gasteiger partial charge in [-0.25, -0.2) is 9.97 Å². The maximum Gasteiger partial charge on any atom is 0.129 e. The molecular weight excluding hydrogens is 248 g/mol. The maximum absolute atomic E-state index is 4.51. The van der Waals surface area contributed by atoms with Crippen LogP contribution < -0.4 is 5.32 Å². The van der Waals surface area contributed by atoms with Gasteiger partial charge in [0.2, 0.25) is 0 Å². The van der Waals surface area contributed by atoms with E-state index in [4.69, 9.17) is 0 Å². The molecule has 3 rings (SSSR count). The highest BCUT2D eigenvalue weighted by Crippen LogP contribution is 2.23. The lowest BCUT2D eigenvalue weighted by atomic mass is 10.1. The number of benzene rings is 1. The lowest BCUT2D eigenvalue weighted by molar-refractivity contribution is 1.11. The van der Waals surface area contributed by atoms with Gasteiger partial charge < -0.3 is 5.32 Å². The maximum atomic E-state index is 4.51. The minimum absolute atomic E-state index is 0.845. The van der Waals surface area contributed by atoms with Gasteiger partial charge in [0, 0.05) is 29.3 Å². The molecule has 2 aromatic heterocycles. The molecule has 100 valence electrons. The van der Waals surface area contributed by atoms with Crippen LogP contribution in [0.25, 0.3) is 22.2 Å². The smallest absolute Gasteiger partial charge is 0.129 e. The van der Waals surface area contributed by atoms with E-state index < -0.39 is 0 Å². The van der Waals surface area contributed by atoms with E-state index in [2.05, 4.69) is 32.4 Å². The van der Waals surface area contributed by atoms with Gasteiger partial charge in [-0.05, 0) is 32.0 Å². The Bertz CT molecular complexity index is 752. The van der Waals surface area contributed by atoms with E-state index in [0.717, 1.165) is 40.2 Å². The first kappa shape index (κ1) is 12.5. The molecule has 0 bridgehead atoms. The number of fused-ring (bicyclic) bond motifs is 1. The van der Waals surface area contributed by atoms with Gasteiger partial charge in [0.1, 0.15) is 12.1 Å². The molecule has 4 nitrogen and oxygen atoms in total. The molecule has 0 saturated carbocycles. The second kappa shape index (κ2) is 5.25. The summed E-state index contributed by atoms with van der Waals surface area (Å²) in [5, 5.41) is 4.32. The fraction of sp³-hybridized carbons (Fsp3) is 0.188. The van der Waals surface area contributed by atoms with Crippen molar-refractivity contribution in [3.63, 3.8) is 0 Å². The summed E-state index contributed by atoms with van der Waals surface area (Å²) in [7, 11) is 0. The summed E-state index contributed by atoms with van der Waals surface area (Å²) in [6.07, 6.45) is 1.59. The number of aromatic nitrogens is 3. The quantitative estimate of drug-likeness (QED) is 0.787. The van der Waals surface area contributed by atoms with E-state index in [1.807, 2.05) is 38.1 Å². The average Bonchev–Trinajstić information content (AvgIpc) is 2.47. The molecule has 0 amide bonds. The van der Waals surface area contributed by atoms with Crippen LogP contribution in [0.15, 0.2) is 42.7 Å². The van der Waals surface area contributed by atoms with Crippen LogP contribution in [0, 0.1) is 6.92 Å². The molecule has 3 aromatic rings. The van der Waals surface area contributed by atoms with Gasteiger partial charge >= 0.3 is 0 Å². The van der Waals surface area contributed by atoms with Gasteiger partial charge in [0.25, 0.3) is 0 Å². The number of aryl methyl sites for hydroxylation is 1. The van der Waals surface area contributed by atoms with Crippen molar-refractivity contribution in [2.24, 2.45) is 0 Å². The first-order valence-corrected chi connectivity index (χ1v) is 6.70. The van der Waals surface area contributed by atoms with Crippen LogP contribution in [0.4, 0.5) is 5.82 Å². The molecule has 0 aliphatic carbocycles. The Morgan fingerprint density at radius 2 is 1.95 bits per heavy atom. The fourth-order valence-corrected chi connectivity index (χ4v) is 2.18. The summed E-state index contributed by atoms with van der Waals surface area (Å²) in [5.41, 5.74) is 4.03. The van der Waals surface area contributed by atoms with Crippen molar-refractivity contribution < 1.29 is 0 Å². The predicted molar refractivity (Wildman–Crippen MR) is 81.7 cm³/mol. The molecule has 4 heteroatoms. The van der Waals surface area contributed by atoms with E-state index in [-0.39, 0.29) is 0 Å². The molecule has 0 spiro atoms. The van der Waals surface area contributed by atoms with Crippen LogP contribution in [0.2, 0.25) is 0 Å². The van der Waals surface area contributed by atoms with Gasteiger partial charge in [-0.15, -0.1) is 0 Å². The van der Waals surface area contributed by atoms with Crippen molar-refractivity contribution in [1.82, 2.24) is 15.0 Å². The SMILES string of the molecule is CCNc1cc(-c2ccc3nc(C)ccc3c2)ncn1. The van der Waals surface area contributed by atoms with Gasteiger partial charge in [0.05, 0.1) is 11.2 Å². The molecule has 0 saturated heterocycles. The predicted octanol–water partition coefficient (Wildman–Crippen LogP) is 3.43. The molecule has 0 radical (unpaired) electrons. The highest BCUT2D eigenvalue weighted by atomic mass is 15.0. The van der Waals surface area contributed by atoms with E-state index in [1.54, 1.807) is 6.33 Å². The number of anilines is 1. The molecule has 0 aliphatic rings. The molecule has 1 N–H and O–H groups in total. The third kappa shape index (κ3) is 2.45. The largest absolute Gasteiger partial charge is 0.370 e. The number of nitrogens with one attached hydrogen (secondary N) is 1. The lowest BCUT2D eigenvalue weighted by Crippen LogP contribution is -1.99. The van der Waals surface area contributed by atoms with Crippen LogP contribution in [-0.4, -0.2) is 21.5 Å². The van der Waals surface area contributed by atoms with E-state index in [0.29, 0.717) is 0 Å². The first-order chi connectivity index (χ1) is 9.76. The molecule has 1 aromatic carbocycles. The normalized spacial score (nSPS) is 10.7. The topological polar surface area (TPSA) is 50.7 Å². The van der Waals surface area contributed by atoms with Crippen molar-refractivity contribution >= 4 is 16.7 Å². The number of hydrogen-bond donors (Lipinski definition) is 1. The summed E-state index contributed by atoms with van der Waals surface area (Å²) in [5.74, 6) is 0.847. The van der Waals surface area contributed by atoms with Gasteiger partial charge in [0.15, 0.2) is 0 Å². The second-order valence-electron chi connectivity index (χ2n) is 4.68. The summed E-state index contributed by atoms with van der Waals surface area (Å²) in [6, 6.07) is 12.3. The van der Waals surface area contributed by atoms with Crippen LogP contribution >= 0.6 is 0 Å².